The van der Waals surface area contributed by atoms with Crippen LogP contribution < -0.4 is 4.74 Å². The van der Waals surface area contributed by atoms with Crippen molar-refractivity contribution in [3.05, 3.63) is 110 Å². The van der Waals surface area contributed by atoms with Crippen LogP contribution in [0.25, 0.3) is 0 Å². The van der Waals surface area contributed by atoms with Crippen LogP contribution in [0.5, 0.6) is 5.75 Å². The van der Waals surface area contributed by atoms with E-state index in [1.807, 2.05) is 0 Å². The van der Waals surface area contributed by atoms with Gasteiger partial charge in [0.25, 0.3) is 17.3 Å². The first-order valence-electron chi connectivity index (χ1n) is 9.92. The molecule has 0 aromatic heterocycles. The van der Waals surface area contributed by atoms with Crippen LogP contribution in [0.15, 0.2) is 77.9 Å². The number of methoxy groups -OCH3 is 1. The van der Waals surface area contributed by atoms with Gasteiger partial charge in [-0.05, 0) is 23.8 Å². The van der Waals surface area contributed by atoms with Crippen LogP contribution in [0.3, 0.4) is 0 Å². The molecule has 4 rings (SSSR count). The van der Waals surface area contributed by atoms with Crippen molar-refractivity contribution in [3.63, 3.8) is 0 Å². The number of nitrogens with zero attached hydrogens (tertiary/aromatic N) is 4. The number of hydrogen-bond donors (Lipinski definition) is 0. The van der Waals surface area contributed by atoms with Crippen LogP contribution >= 0.6 is 0 Å². The Morgan fingerprint density at radius 2 is 1.73 bits per heavy atom. The summed E-state index contributed by atoms with van der Waals surface area (Å²) in [5.41, 5.74) is 1.19. The number of benzene rings is 3. The van der Waals surface area contributed by atoms with Crippen molar-refractivity contribution in [3.8, 4) is 5.75 Å². The molecule has 0 radical (unpaired) electrons. The SMILES string of the molecule is COc1ccc([C@@H]2CC(c3cccc([N+](=O)[O-])c3)=NN2C(=O)c2ccccc2[N+](=O)[O-])cc1. The van der Waals surface area contributed by atoms with Crippen LogP contribution in [0.4, 0.5) is 11.4 Å². The largest absolute Gasteiger partial charge is 0.497 e. The van der Waals surface area contributed by atoms with Gasteiger partial charge in [-0.2, -0.15) is 5.10 Å². The molecule has 3 aromatic carbocycles. The zero-order valence-electron chi connectivity index (χ0n) is 17.5. The Kier molecular flexibility index (Phi) is 5.81. The van der Waals surface area contributed by atoms with E-state index in [2.05, 4.69) is 5.10 Å². The lowest BCUT2D eigenvalue weighted by Crippen LogP contribution is -2.27. The van der Waals surface area contributed by atoms with Crippen molar-refractivity contribution >= 4 is 23.0 Å². The van der Waals surface area contributed by atoms with Gasteiger partial charge in [-0.15, -0.1) is 0 Å². The van der Waals surface area contributed by atoms with E-state index in [0.29, 0.717) is 17.0 Å². The molecular formula is C23H18N4O6. The standard InChI is InChI=1S/C23H18N4O6/c1-33-18-11-9-15(10-12-18)22-14-20(16-5-4-6-17(13-16)26(29)30)24-25(22)23(28)19-7-2-3-8-21(19)27(31)32/h2-13,22H,14H2,1H3/t22-/m0/s1. The Labute approximate surface area is 188 Å². The van der Waals surface area contributed by atoms with Crippen molar-refractivity contribution < 1.29 is 19.4 Å². The molecule has 0 N–H and O–H groups in total. The molecule has 166 valence electrons. The smallest absolute Gasteiger partial charge is 0.282 e. The Balaban J connectivity index is 1.78. The highest BCUT2D eigenvalue weighted by Crippen LogP contribution is 2.36. The van der Waals surface area contributed by atoms with E-state index in [1.54, 1.807) is 49.6 Å². The number of nitro benzene ring substituents is 2. The summed E-state index contributed by atoms with van der Waals surface area (Å²) < 4.78 is 5.20. The lowest BCUT2D eigenvalue weighted by molar-refractivity contribution is -0.385. The number of carbonyl (C=O) groups excluding carboxylic acids is 1. The van der Waals surface area contributed by atoms with Gasteiger partial charge >= 0.3 is 0 Å². The van der Waals surface area contributed by atoms with Crippen LogP contribution in [-0.2, 0) is 0 Å². The second-order valence-electron chi connectivity index (χ2n) is 7.27. The highest BCUT2D eigenvalue weighted by molar-refractivity contribution is 6.06. The van der Waals surface area contributed by atoms with Crippen LogP contribution in [0.2, 0.25) is 0 Å². The number of nitro groups is 2. The molecule has 0 bridgehead atoms. The minimum absolute atomic E-state index is 0.0925. The number of para-hydroxylation sites is 1. The second kappa shape index (κ2) is 8.87. The van der Waals surface area contributed by atoms with E-state index in [0.717, 1.165) is 5.56 Å². The van der Waals surface area contributed by atoms with Crippen molar-refractivity contribution in [2.45, 2.75) is 12.5 Å². The van der Waals surface area contributed by atoms with E-state index < -0.39 is 21.8 Å². The summed E-state index contributed by atoms with van der Waals surface area (Å²) >= 11 is 0. The molecule has 0 saturated heterocycles. The van der Waals surface area contributed by atoms with Crippen LogP contribution in [0.1, 0.15) is 33.9 Å². The van der Waals surface area contributed by atoms with Gasteiger partial charge in [0, 0.05) is 30.2 Å². The first-order chi connectivity index (χ1) is 15.9. The minimum Gasteiger partial charge on any atom is -0.497 e. The van der Waals surface area contributed by atoms with Crippen molar-refractivity contribution in [2.75, 3.05) is 7.11 Å². The summed E-state index contributed by atoms with van der Waals surface area (Å²) in [6, 6.07) is 18.2. The Hall–Kier alpha value is -4.60. The molecule has 0 spiro atoms. The molecule has 1 heterocycles. The Morgan fingerprint density at radius 3 is 2.39 bits per heavy atom. The quantitative estimate of drug-likeness (QED) is 0.405. The lowest BCUT2D eigenvalue weighted by atomic mass is 9.97. The molecule has 10 heteroatoms. The highest BCUT2D eigenvalue weighted by Gasteiger charge is 2.36. The summed E-state index contributed by atoms with van der Waals surface area (Å²) in [5.74, 6) is -0.00306. The van der Waals surface area contributed by atoms with E-state index in [-0.39, 0.29) is 23.4 Å². The molecule has 0 aliphatic carbocycles. The van der Waals surface area contributed by atoms with Crippen molar-refractivity contribution in [1.82, 2.24) is 5.01 Å². The number of amides is 1. The summed E-state index contributed by atoms with van der Waals surface area (Å²) in [6.45, 7) is 0. The molecule has 1 aliphatic rings. The minimum atomic E-state index is -0.636. The molecule has 1 amide bonds. The third-order valence-electron chi connectivity index (χ3n) is 5.34. The summed E-state index contributed by atoms with van der Waals surface area (Å²) in [7, 11) is 1.54. The molecule has 1 atom stereocenters. The predicted molar refractivity (Wildman–Crippen MR) is 119 cm³/mol. The molecule has 0 fully saturated rings. The molecule has 33 heavy (non-hydrogen) atoms. The number of hydrogen-bond acceptors (Lipinski definition) is 7. The third kappa shape index (κ3) is 4.26. The number of non-ortho nitro benzene ring substituents is 1. The van der Waals surface area contributed by atoms with Gasteiger partial charge in [0.15, 0.2) is 0 Å². The van der Waals surface area contributed by atoms with E-state index in [1.165, 1.54) is 35.3 Å². The van der Waals surface area contributed by atoms with Gasteiger partial charge in [0.2, 0.25) is 0 Å². The maximum absolute atomic E-state index is 13.4. The summed E-state index contributed by atoms with van der Waals surface area (Å²) in [4.78, 5) is 35.0. The van der Waals surface area contributed by atoms with E-state index >= 15 is 0 Å². The maximum Gasteiger partial charge on any atom is 0.282 e. The summed E-state index contributed by atoms with van der Waals surface area (Å²) in [6.07, 6.45) is 0.278. The van der Waals surface area contributed by atoms with Crippen molar-refractivity contribution in [2.24, 2.45) is 5.10 Å². The van der Waals surface area contributed by atoms with Gasteiger partial charge in [0.1, 0.15) is 11.3 Å². The molecular weight excluding hydrogens is 428 g/mol. The lowest BCUT2D eigenvalue weighted by Gasteiger charge is -2.22. The zero-order chi connectivity index (χ0) is 23.5. The number of hydrazone groups is 1. The number of ether oxygens (including phenoxy) is 1. The van der Waals surface area contributed by atoms with Crippen LogP contribution in [-0.4, -0.2) is 33.6 Å². The van der Waals surface area contributed by atoms with E-state index in [9.17, 15) is 25.0 Å². The first-order valence-corrected chi connectivity index (χ1v) is 9.92. The third-order valence-corrected chi connectivity index (χ3v) is 5.34. The van der Waals surface area contributed by atoms with Gasteiger partial charge in [0.05, 0.1) is 28.7 Å². The van der Waals surface area contributed by atoms with Gasteiger partial charge in [-0.1, -0.05) is 36.4 Å². The molecule has 1 aliphatic heterocycles. The number of rotatable bonds is 6. The predicted octanol–water partition coefficient (Wildman–Crippen LogP) is 4.50. The molecule has 3 aromatic rings. The Bertz CT molecular complexity index is 1270. The first kappa shape index (κ1) is 21.6. The zero-order valence-corrected chi connectivity index (χ0v) is 17.5. The average molecular weight is 446 g/mol. The molecule has 10 nitrogen and oxygen atoms in total. The van der Waals surface area contributed by atoms with E-state index in [4.69, 9.17) is 4.74 Å². The monoisotopic (exact) mass is 446 g/mol. The fourth-order valence-electron chi connectivity index (χ4n) is 3.69. The molecule has 0 unspecified atom stereocenters. The van der Waals surface area contributed by atoms with Gasteiger partial charge < -0.3 is 4.74 Å². The fourth-order valence-corrected chi connectivity index (χ4v) is 3.69. The van der Waals surface area contributed by atoms with Gasteiger partial charge in [-0.3, -0.25) is 25.0 Å². The van der Waals surface area contributed by atoms with Crippen molar-refractivity contribution in [1.29, 1.82) is 0 Å². The topological polar surface area (TPSA) is 128 Å². The number of carbonyl (C=O) groups is 1. The normalized spacial score (nSPS) is 15.1. The second-order valence-corrected chi connectivity index (χ2v) is 7.27. The summed E-state index contributed by atoms with van der Waals surface area (Å²) in [5, 5.41) is 28.3. The average Bonchev–Trinajstić information content (AvgIpc) is 3.29. The van der Waals surface area contributed by atoms with Crippen LogP contribution in [0, 0.1) is 20.2 Å². The van der Waals surface area contributed by atoms with Gasteiger partial charge in [-0.25, -0.2) is 5.01 Å². The maximum atomic E-state index is 13.4. The highest BCUT2D eigenvalue weighted by atomic mass is 16.6. The fraction of sp³-hybridized carbons (Fsp3) is 0.130. The molecule has 0 saturated carbocycles. The Morgan fingerprint density at radius 1 is 1.00 bits per heavy atom.